The van der Waals surface area contributed by atoms with Crippen molar-refractivity contribution in [3.8, 4) is 5.75 Å². The maximum absolute atomic E-state index is 12.3. The molecule has 1 saturated heterocycles. The Morgan fingerprint density at radius 3 is 2.48 bits per heavy atom. The van der Waals surface area contributed by atoms with Crippen LogP contribution in [0.4, 0.5) is 0 Å². The second-order valence-corrected chi connectivity index (χ2v) is 6.12. The highest BCUT2D eigenvalue weighted by Gasteiger charge is 2.32. The van der Waals surface area contributed by atoms with Gasteiger partial charge >= 0.3 is 0 Å². The molecule has 1 aliphatic heterocycles. The molecule has 1 fully saturated rings. The third-order valence-electron chi connectivity index (χ3n) is 4.01. The molecule has 0 unspecified atom stereocenters. The van der Waals surface area contributed by atoms with E-state index in [1.807, 2.05) is 13.0 Å². The van der Waals surface area contributed by atoms with Gasteiger partial charge in [-0.2, -0.15) is 0 Å². The van der Waals surface area contributed by atoms with Crippen molar-refractivity contribution in [3.63, 3.8) is 0 Å². The maximum Gasteiger partial charge on any atom is 0.254 e. The lowest BCUT2D eigenvalue weighted by molar-refractivity contribution is 0.0176. The van der Waals surface area contributed by atoms with E-state index < -0.39 is 0 Å². The van der Waals surface area contributed by atoms with Gasteiger partial charge in [0.25, 0.3) is 11.5 Å². The Bertz CT molecular complexity index is 792. The lowest BCUT2D eigenvalue weighted by Crippen LogP contribution is -2.56. The molecule has 0 atom stereocenters. The fourth-order valence-corrected chi connectivity index (χ4v) is 2.58. The highest BCUT2D eigenvalue weighted by atomic mass is 35.5. The number of aromatic nitrogens is 1. The predicted molar refractivity (Wildman–Crippen MR) is 88.2 cm³/mol. The van der Waals surface area contributed by atoms with E-state index in [0.29, 0.717) is 29.4 Å². The summed E-state index contributed by atoms with van der Waals surface area (Å²) in [6, 6.07) is 10.1. The van der Waals surface area contributed by atoms with Crippen molar-refractivity contribution in [1.82, 2.24) is 9.47 Å². The Morgan fingerprint density at radius 2 is 1.87 bits per heavy atom. The fraction of sp³-hybridized carbons (Fsp3) is 0.294. The molecule has 0 saturated carbocycles. The number of ether oxygens (including phenoxy) is 1. The van der Waals surface area contributed by atoms with Crippen molar-refractivity contribution in [2.45, 2.75) is 13.0 Å². The minimum Gasteiger partial charge on any atom is -0.486 e. The van der Waals surface area contributed by atoms with E-state index in [0.717, 1.165) is 5.69 Å². The summed E-state index contributed by atoms with van der Waals surface area (Å²) in [5.41, 5.74) is 1.34. The first kappa shape index (κ1) is 15.6. The first-order valence-corrected chi connectivity index (χ1v) is 7.71. The number of aryl methyl sites for hydroxylation is 1. The quantitative estimate of drug-likeness (QED) is 0.866. The molecule has 0 spiro atoms. The largest absolute Gasteiger partial charge is 0.486 e. The molecule has 1 aromatic heterocycles. The van der Waals surface area contributed by atoms with Crippen LogP contribution in [-0.2, 0) is 7.05 Å². The number of hydrogen-bond donors (Lipinski definition) is 0. The summed E-state index contributed by atoms with van der Waals surface area (Å²) < 4.78 is 7.33. The topological polar surface area (TPSA) is 51.5 Å². The number of carbonyl (C=O) groups is 1. The lowest BCUT2D eigenvalue weighted by atomic mass is 10.1. The molecule has 1 aromatic carbocycles. The summed E-state index contributed by atoms with van der Waals surface area (Å²) in [7, 11) is 1.72. The molecule has 5 nitrogen and oxygen atoms in total. The highest BCUT2D eigenvalue weighted by Crippen LogP contribution is 2.20. The number of nitrogens with zero attached hydrogens (tertiary/aromatic N) is 2. The number of likely N-dealkylation sites (tertiary alicyclic amines) is 1. The zero-order valence-electron chi connectivity index (χ0n) is 13.0. The summed E-state index contributed by atoms with van der Waals surface area (Å²) in [6.07, 6.45) is -0.0854. The van der Waals surface area contributed by atoms with Gasteiger partial charge in [-0.3, -0.25) is 9.59 Å². The van der Waals surface area contributed by atoms with Crippen LogP contribution < -0.4 is 10.3 Å². The molecule has 0 aliphatic carbocycles. The molecule has 1 aliphatic rings. The van der Waals surface area contributed by atoms with Gasteiger partial charge < -0.3 is 14.2 Å². The summed E-state index contributed by atoms with van der Waals surface area (Å²) >= 11 is 5.82. The van der Waals surface area contributed by atoms with E-state index in [2.05, 4.69) is 0 Å². The normalized spacial score (nSPS) is 14.5. The molecule has 6 heteroatoms. The van der Waals surface area contributed by atoms with E-state index in [1.54, 1.807) is 40.8 Å². The van der Waals surface area contributed by atoms with Gasteiger partial charge in [-0.25, -0.2) is 0 Å². The van der Waals surface area contributed by atoms with Gasteiger partial charge in [0, 0.05) is 29.4 Å². The van der Waals surface area contributed by atoms with Crippen molar-refractivity contribution < 1.29 is 9.53 Å². The SMILES string of the molecule is Cc1cc(OC2CN(C(=O)c3ccc(Cl)cc3)C2)cc(=O)n1C. The van der Waals surface area contributed by atoms with Crippen molar-refractivity contribution in [1.29, 1.82) is 0 Å². The van der Waals surface area contributed by atoms with Crippen LogP contribution in [0.1, 0.15) is 16.1 Å². The van der Waals surface area contributed by atoms with Crippen LogP contribution in [0.15, 0.2) is 41.2 Å². The monoisotopic (exact) mass is 332 g/mol. The Morgan fingerprint density at radius 1 is 1.22 bits per heavy atom. The van der Waals surface area contributed by atoms with Gasteiger partial charge in [0.1, 0.15) is 11.9 Å². The van der Waals surface area contributed by atoms with Crippen LogP contribution in [0.2, 0.25) is 5.02 Å². The average Bonchev–Trinajstić information content (AvgIpc) is 2.48. The second-order valence-electron chi connectivity index (χ2n) is 5.69. The Hall–Kier alpha value is -2.27. The fourth-order valence-electron chi connectivity index (χ4n) is 2.45. The first-order valence-electron chi connectivity index (χ1n) is 7.33. The number of amides is 1. The second kappa shape index (κ2) is 6.08. The number of hydrogen-bond acceptors (Lipinski definition) is 3. The highest BCUT2D eigenvalue weighted by molar-refractivity contribution is 6.30. The number of pyridine rings is 1. The number of carbonyl (C=O) groups excluding carboxylic acids is 1. The maximum atomic E-state index is 12.3. The van der Waals surface area contributed by atoms with E-state index in [1.165, 1.54) is 6.07 Å². The van der Waals surface area contributed by atoms with Crippen molar-refractivity contribution in [2.24, 2.45) is 7.05 Å². The van der Waals surface area contributed by atoms with Crippen LogP contribution in [0.25, 0.3) is 0 Å². The predicted octanol–water partition coefficient (Wildman–Crippen LogP) is 2.25. The van der Waals surface area contributed by atoms with Crippen LogP contribution in [0.3, 0.4) is 0 Å². The third-order valence-corrected chi connectivity index (χ3v) is 4.26. The van der Waals surface area contributed by atoms with Gasteiger partial charge in [0.2, 0.25) is 0 Å². The van der Waals surface area contributed by atoms with Crippen molar-refractivity contribution in [3.05, 3.63) is 63.0 Å². The summed E-state index contributed by atoms with van der Waals surface area (Å²) in [6.45, 7) is 2.87. The Kier molecular flexibility index (Phi) is 4.13. The summed E-state index contributed by atoms with van der Waals surface area (Å²) in [5.74, 6) is 0.510. The summed E-state index contributed by atoms with van der Waals surface area (Å²) in [4.78, 5) is 25.7. The van der Waals surface area contributed by atoms with Crippen LogP contribution in [0, 0.1) is 6.92 Å². The molecule has 23 heavy (non-hydrogen) atoms. The molecular weight excluding hydrogens is 316 g/mol. The van der Waals surface area contributed by atoms with Crippen molar-refractivity contribution in [2.75, 3.05) is 13.1 Å². The van der Waals surface area contributed by atoms with Gasteiger partial charge in [-0.15, -0.1) is 0 Å². The average molecular weight is 333 g/mol. The van der Waals surface area contributed by atoms with Gasteiger partial charge in [0.15, 0.2) is 0 Å². The molecule has 2 aromatic rings. The van der Waals surface area contributed by atoms with E-state index in [9.17, 15) is 9.59 Å². The molecule has 2 heterocycles. The Balaban J connectivity index is 1.60. The molecule has 3 rings (SSSR count). The first-order chi connectivity index (χ1) is 10.9. The number of benzene rings is 1. The smallest absolute Gasteiger partial charge is 0.254 e. The molecule has 0 N–H and O–H groups in total. The van der Waals surface area contributed by atoms with E-state index >= 15 is 0 Å². The van der Waals surface area contributed by atoms with Crippen LogP contribution in [0.5, 0.6) is 5.75 Å². The third kappa shape index (κ3) is 3.24. The Labute approximate surface area is 139 Å². The zero-order valence-corrected chi connectivity index (χ0v) is 13.7. The standard InChI is InChI=1S/C17H17ClN2O3/c1-11-7-14(8-16(21)19(11)2)23-15-9-20(10-15)17(22)12-3-5-13(18)6-4-12/h3-8,15H,9-10H2,1-2H3. The van der Waals surface area contributed by atoms with Crippen molar-refractivity contribution >= 4 is 17.5 Å². The minimum absolute atomic E-state index is 0.0401. The van der Waals surface area contributed by atoms with Crippen LogP contribution >= 0.6 is 11.6 Å². The van der Waals surface area contributed by atoms with Gasteiger partial charge in [0.05, 0.1) is 13.1 Å². The van der Waals surface area contributed by atoms with Gasteiger partial charge in [-0.05, 0) is 37.3 Å². The van der Waals surface area contributed by atoms with E-state index in [-0.39, 0.29) is 17.6 Å². The molecule has 120 valence electrons. The molecular formula is C17H17ClN2O3. The van der Waals surface area contributed by atoms with Crippen LogP contribution in [-0.4, -0.2) is 34.6 Å². The zero-order chi connectivity index (χ0) is 16.6. The minimum atomic E-state index is -0.103. The summed E-state index contributed by atoms with van der Waals surface area (Å²) in [5, 5.41) is 0.604. The van der Waals surface area contributed by atoms with E-state index in [4.69, 9.17) is 16.3 Å². The van der Waals surface area contributed by atoms with Gasteiger partial charge in [-0.1, -0.05) is 11.6 Å². The molecule has 0 bridgehead atoms. The number of rotatable bonds is 3. The molecule has 0 radical (unpaired) electrons. The number of halogens is 1. The lowest BCUT2D eigenvalue weighted by Gasteiger charge is -2.39. The molecule has 1 amide bonds.